The highest BCUT2D eigenvalue weighted by atomic mass is 19.4. The molecule has 130 valence electrons. The zero-order valence-corrected chi connectivity index (χ0v) is 13.7. The maximum Gasteiger partial charge on any atom is 0.416 e. The van der Waals surface area contributed by atoms with Gasteiger partial charge >= 0.3 is 6.18 Å². The third-order valence-electron chi connectivity index (χ3n) is 5.14. The zero-order chi connectivity index (χ0) is 17.6. The Morgan fingerprint density at radius 1 is 1.12 bits per heavy atom. The summed E-state index contributed by atoms with van der Waals surface area (Å²) in [6.07, 6.45) is 0.628. The lowest BCUT2D eigenvalue weighted by molar-refractivity contribution is -0.137. The molecule has 0 saturated carbocycles. The number of fused-ring (bicyclic) bond motifs is 3. The first kappa shape index (κ1) is 16.1. The average molecular weight is 345 g/mol. The van der Waals surface area contributed by atoms with Crippen LogP contribution in [0.4, 0.5) is 18.9 Å². The topological polar surface area (TPSA) is 21.3 Å². The van der Waals surface area contributed by atoms with Crippen molar-refractivity contribution in [3.05, 3.63) is 71.3 Å². The van der Waals surface area contributed by atoms with Gasteiger partial charge in [0.25, 0.3) is 0 Å². The molecular formula is C20H18F3NO. The van der Waals surface area contributed by atoms with Crippen LogP contribution in [0.3, 0.4) is 0 Å². The number of anilines is 1. The van der Waals surface area contributed by atoms with Crippen molar-refractivity contribution in [3.8, 4) is 5.75 Å². The first-order valence-corrected chi connectivity index (χ1v) is 8.25. The molecule has 0 aromatic heterocycles. The van der Waals surface area contributed by atoms with Gasteiger partial charge < -0.3 is 10.1 Å². The molecule has 0 saturated heterocycles. The van der Waals surface area contributed by atoms with Crippen LogP contribution in [0, 0.1) is 5.92 Å². The molecule has 2 aromatic rings. The maximum absolute atomic E-state index is 13.1. The van der Waals surface area contributed by atoms with Gasteiger partial charge in [-0.2, -0.15) is 13.2 Å². The Morgan fingerprint density at radius 2 is 1.96 bits per heavy atom. The molecule has 5 heteroatoms. The summed E-state index contributed by atoms with van der Waals surface area (Å²) in [7, 11) is 1.63. The van der Waals surface area contributed by atoms with Crippen molar-refractivity contribution in [2.24, 2.45) is 5.92 Å². The Bertz CT molecular complexity index is 828. The number of ether oxygens (including phenoxy) is 1. The number of hydrogen-bond acceptors (Lipinski definition) is 2. The second-order valence-corrected chi connectivity index (χ2v) is 6.55. The summed E-state index contributed by atoms with van der Waals surface area (Å²) in [5, 5.41) is 3.45. The van der Waals surface area contributed by atoms with Gasteiger partial charge in [0.05, 0.1) is 18.7 Å². The monoisotopic (exact) mass is 345 g/mol. The van der Waals surface area contributed by atoms with Crippen LogP contribution in [0.1, 0.15) is 35.1 Å². The van der Waals surface area contributed by atoms with E-state index in [-0.39, 0.29) is 17.9 Å². The summed E-state index contributed by atoms with van der Waals surface area (Å²) in [6.45, 7) is 0. The van der Waals surface area contributed by atoms with Gasteiger partial charge in [-0.1, -0.05) is 24.3 Å². The fourth-order valence-electron chi connectivity index (χ4n) is 3.94. The zero-order valence-electron chi connectivity index (χ0n) is 13.7. The predicted octanol–water partition coefficient (Wildman–Crippen LogP) is 5.54. The Balaban J connectivity index is 1.76. The lowest BCUT2D eigenvalue weighted by Gasteiger charge is -2.38. The van der Waals surface area contributed by atoms with Crippen molar-refractivity contribution >= 4 is 5.69 Å². The lowest BCUT2D eigenvalue weighted by Crippen LogP contribution is -2.29. The Morgan fingerprint density at radius 3 is 2.72 bits per heavy atom. The number of nitrogens with one attached hydrogen (secondary N) is 1. The number of benzene rings is 2. The molecule has 0 radical (unpaired) electrons. The van der Waals surface area contributed by atoms with Crippen LogP contribution in [0.5, 0.6) is 5.75 Å². The van der Waals surface area contributed by atoms with Crippen molar-refractivity contribution in [2.45, 2.75) is 24.6 Å². The molecule has 2 aromatic carbocycles. The van der Waals surface area contributed by atoms with E-state index < -0.39 is 11.7 Å². The summed E-state index contributed by atoms with van der Waals surface area (Å²) in [5.74, 6) is 0.970. The van der Waals surface area contributed by atoms with Crippen molar-refractivity contribution in [3.63, 3.8) is 0 Å². The largest absolute Gasteiger partial charge is 0.497 e. The molecule has 0 bridgehead atoms. The van der Waals surface area contributed by atoms with E-state index in [4.69, 9.17) is 4.74 Å². The van der Waals surface area contributed by atoms with Gasteiger partial charge in [0, 0.05) is 11.6 Å². The standard InChI is InChI=1S/C20H18F3NO/c1-25-14-5-2-4-12(10-14)19-16-7-3-6-15(16)17-11-13(20(21,22)23)8-9-18(17)24-19/h2-6,8-11,15-16,19,24H,7H2,1H3/t15-,16+,19+/m1/s1. The van der Waals surface area contributed by atoms with Gasteiger partial charge in [-0.25, -0.2) is 0 Å². The van der Waals surface area contributed by atoms with E-state index in [9.17, 15) is 13.2 Å². The molecule has 4 rings (SSSR count). The highest BCUT2D eigenvalue weighted by molar-refractivity contribution is 5.61. The predicted molar refractivity (Wildman–Crippen MR) is 90.8 cm³/mol. The molecule has 25 heavy (non-hydrogen) atoms. The Hall–Kier alpha value is -2.43. The van der Waals surface area contributed by atoms with Gasteiger partial charge in [-0.3, -0.25) is 0 Å². The molecule has 0 spiro atoms. The molecule has 0 fully saturated rings. The van der Waals surface area contributed by atoms with E-state index in [2.05, 4.69) is 11.4 Å². The molecule has 1 aliphatic heterocycles. The van der Waals surface area contributed by atoms with Crippen LogP contribution in [-0.4, -0.2) is 7.11 Å². The SMILES string of the molecule is COc1cccc([C@@H]2Nc3ccc(C(F)(F)F)cc3[C@@H]3C=CC[C@@H]32)c1. The van der Waals surface area contributed by atoms with Gasteiger partial charge in [0.2, 0.25) is 0 Å². The minimum absolute atomic E-state index is 0.00486. The molecule has 0 amide bonds. The first-order chi connectivity index (χ1) is 12.0. The lowest BCUT2D eigenvalue weighted by atomic mass is 9.76. The molecule has 2 aliphatic rings. The quantitative estimate of drug-likeness (QED) is 0.722. The maximum atomic E-state index is 13.1. The van der Waals surface area contributed by atoms with E-state index in [0.717, 1.165) is 35.1 Å². The summed E-state index contributed by atoms with van der Waals surface area (Å²) >= 11 is 0. The molecule has 1 heterocycles. The fourth-order valence-corrected chi connectivity index (χ4v) is 3.94. The van der Waals surface area contributed by atoms with E-state index >= 15 is 0 Å². The average Bonchev–Trinajstić information content (AvgIpc) is 3.10. The number of hydrogen-bond donors (Lipinski definition) is 1. The van der Waals surface area contributed by atoms with E-state index in [1.807, 2.05) is 30.3 Å². The summed E-state index contributed by atoms with van der Waals surface area (Å²) in [4.78, 5) is 0. The Kier molecular flexibility index (Phi) is 3.74. The minimum atomic E-state index is -4.32. The third kappa shape index (κ3) is 2.77. The van der Waals surface area contributed by atoms with Crippen molar-refractivity contribution in [1.29, 1.82) is 0 Å². The fraction of sp³-hybridized carbons (Fsp3) is 0.300. The molecule has 3 atom stereocenters. The van der Waals surface area contributed by atoms with Crippen LogP contribution in [0.15, 0.2) is 54.6 Å². The van der Waals surface area contributed by atoms with Gasteiger partial charge in [0.15, 0.2) is 0 Å². The van der Waals surface area contributed by atoms with Crippen LogP contribution in [-0.2, 0) is 6.18 Å². The van der Waals surface area contributed by atoms with Crippen LogP contribution in [0.25, 0.3) is 0 Å². The molecule has 1 N–H and O–H groups in total. The van der Waals surface area contributed by atoms with Crippen molar-refractivity contribution in [1.82, 2.24) is 0 Å². The number of alkyl halides is 3. The molecule has 0 unspecified atom stereocenters. The number of methoxy groups -OCH3 is 1. The highest BCUT2D eigenvalue weighted by Crippen LogP contribution is 2.50. The molecule has 1 aliphatic carbocycles. The van der Waals surface area contributed by atoms with E-state index in [1.165, 1.54) is 6.07 Å². The summed E-state index contributed by atoms with van der Waals surface area (Å²) < 4.78 is 44.5. The highest BCUT2D eigenvalue weighted by Gasteiger charge is 2.40. The van der Waals surface area contributed by atoms with Crippen molar-refractivity contribution in [2.75, 3.05) is 12.4 Å². The molecule has 2 nitrogen and oxygen atoms in total. The Labute approximate surface area is 144 Å². The second-order valence-electron chi connectivity index (χ2n) is 6.55. The van der Waals surface area contributed by atoms with Gasteiger partial charge in [-0.15, -0.1) is 0 Å². The normalized spacial score (nSPS) is 24.4. The number of rotatable bonds is 2. The van der Waals surface area contributed by atoms with Gasteiger partial charge in [0.1, 0.15) is 5.75 Å². The second kappa shape index (κ2) is 5.83. The minimum Gasteiger partial charge on any atom is -0.497 e. The van der Waals surface area contributed by atoms with Gasteiger partial charge in [-0.05, 0) is 53.8 Å². The number of allylic oxidation sites excluding steroid dienone is 2. The first-order valence-electron chi connectivity index (χ1n) is 8.25. The van der Waals surface area contributed by atoms with Crippen LogP contribution < -0.4 is 10.1 Å². The van der Waals surface area contributed by atoms with Crippen LogP contribution >= 0.6 is 0 Å². The van der Waals surface area contributed by atoms with E-state index in [0.29, 0.717) is 0 Å². The summed E-state index contributed by atoms with van der Waals surface area (Å²) in [5.41, 5.74) is 2.00. The smallest absolute Gasteiger partial charge is 0.416 e. The third-order valence-corrected chi connectivity index (χ3v) is 5.14. The summed E-state index contributed by atoms with van der Waals surface area (Å²) in [6, 6.07) is 11.9. The van der Waals surface area contributed by atoms with Crippen molar-refractivity contribution < 1.29 is 17.9 Å². The van der Waals surface area contributed by atoms with E-state index in [1.54, 1.807) is 13.2 Å². The molecular weight excluding hydrogens is 327 g/mol. The number of halogens is 3. The van der Waals surface area contributed by atoms with Crippen LogP contribution in [0.2, 0.25) is 0 Å².